The summed E-state index contributed by atoms with van der Waals surface area (Å²) < 4.78 is 0. The topological polar surface area (TPSA) is 53.9 Å². The van der Waals surface area contributed by atoms with E-state index in [1.807, 2.05) is 6.92 Å². The Labute approximate surface area is 120 Å². The van der Waals surface area contributed by atoms with Gasteiger partial charge in [-0.15, -0.1) is 0 Å². The van der Waals surface area contributed by atoms with Gasteiger partial charge in [-0.05, 0) is 38.8 Å². The van der Waals surface area contributed by atoms with Crippen molar-refractivity contribution in [3.8, 4) is 0 Å². The van der Waals surface area contributed by atoms with Crippen LogP contribution in [0.3, 0.4) is 0 Å². The Morgan fingerprint density at radius 3 is 2.47 bits per heavy atom. The fourth-order valence-electron chi connectivity index (χ4n) is 1.83. The van der Waals surface area contributed by atoms with Gasteiger partial charge in [0.1, 0.15) is 0 Å². The van der Waals surface area contributed by atoms with Crippen molar-refractivity contribution in [1.29, 1.82) is 0 Å². The van der Waals surface area contributed by atoms with Crippen LogP contribution in [0.4, 0.5) is 11.9 Å². The molecule has 1 aromatic heterocycles. The van der Waals surface area contributed by atoms with Crippen molar-refractivity contribution < 1.29 is 0 Å². The maximum Gasteiger partial charge on any atom is 0.231 e. The molecule has 5 nitrogen and oxygen atoms in total. The molecule has 1 aromatic rings. The van der Waals surface area contributed by atoms with E-state index in [1.165, 1.54) is 12.8 Å². The van der Waals surface area contributed by atoms with Crippen molar-refractivity contribution in [2.24, 2.45) is 0 Å². The second-order valence-corrected chi connectivity index (χ2v) is 5.09. The number of hydrogen-bond acceptors (Lipinski definition) is 5. The molecule has 0 saturated heterocycles. The van der Waals surface area contributed by atoms with Gasteiger partial charge in [-0.25, -0.2) is 0 Å². The second-order valence-electron chi connectivity index (χ2n) is 4.75. The van der Waals surface area contributed by atoms with Crippen LogP contribution >= 0.6 is 11.6 Å². The Morgan fingerprint density at radius 1 is 1.16 bits per heavy atom. The lowest BCUT2D eigenvalue weighted by atomic mass is 10.2. The van der Waals surface area contributed by atoms with Gasteiger partial charge in [0.25, 0.3) is 0 Å². The molecule has 0 radical (unpaired) electrons. The van der Waals surface area contributed by atoms with Crippen LogP contribution in [0.2, 0.25) is 5.28 Å². The van der Waals surface area contributed by atoms with Crippen LogP contribution in [0.25, 0.3) is 0 Å². The quantitative estimate of drug-likeness (QED) is 0.742. The van der Waals surface area contributed by atoms with Gasteiger partial charge in [-0.3, -0.25) is 0 Å². The Balaban J connectivity index is 2.88. The number of nitrogens with zero attached hydrogens (tertiary/aromatic N) is 4. The van der Waals surface area contributed by atoms with E-state index in [-0.39, 0.29) is 5.28 Å². The molecule has 0 aliphatic carbocycles. The molecule has 0 fully saturated rings. The number of halogens is 1. The average Bonchev–Trinajstić information content (AvgIpc) is 2.33. The molecule has 0 bridgehead atoms. The number of nitrogens with one attached hydrogen (secondary N) is 1. The number of anilines is 2. The molecule has 0 atom stereocenters. The van der Waals surface area contributed by atoms with E-state index >= 15 is 0 Å². The lowest BCUT2D eigenvalue weighted by Crippen LogP contribution is -2.33. The molecule has 0 unspecified atom stereocenters. The minimum Gasteiger partial charge on any atom is -0.354 e. The maximum atomic E-state index is 5.97. The van der Waals surface area contributed by atoms with Gasteiger partial charge >= 0.3 is 0 Å². The summed E-state index contributed by atoms with van der Waals surface area (Å²) in [5.74, 6) is 1.20. The van der Waals surface area contributed by atoms with Gasteiger partial charge in [-0.2, -0.15) is 15.0 Å². The van der Waals surface area contributed by atoms with Crippen LogP contribution < -0.4 is 10.2 Å². The van der Waals surface area contributed by atoms with Gasteiger partial charge in [0, 0.05) is 19.1 Å². The van der Waals surface area contributed by atoms with E-state index in [0.29, 0.717) is 17.9 Å². The second kappa shape index (κ2) is 8.15. The molecule has 0 aliphatic heterocycles. The number of aromatic nitrogens is 3. The first-order valence-electron chi connectivity index (χ1n) is 7.00. The van der Waals surface area contributed by atoms with Crippen LogP contribution in [-0.2, 0) is 0 Å². The SMILES string of the molecule is CCCCCN(c1nc(Cl)nc(NCC)n1)C(C)C. The molecule has 0 saturated carbocycles. The summed E-state index contributed by atoms with van der Waals surface area (Å²) in [6.07, 6.45) is 3.54. The van der Waals surface area contributed by atoms with Crippen molar-refractivity contribution in [3.63, 3.8) is 0 Å². The third-order valence-corrected chi connectivity index (χ3v) is 2.98. The molecular weight excluding hydrogens is 262 g/mol. The molecule has 0 spiro atoms. The summed E-state index contributed by atoms with van der Waals surface area (Å²) in [6, 6.07) is 0.338. The van der Waals surface area contributed by atoms with E-state index in [0.717, 1.165) is 19.5 Å². The molecule has 0 amide bonds. The smallest absolute Gasteiger partial charge is 0.231 e. The molecule has 108 valence electrons. The Hall–Kier alpha value is -1.10. The van der Waals surface area contributed by atoms with Crippen molar-refractivity contribution in [3.05, 3.63) is 5.28 Å². The van der Waals surface area contributed by atoms with Crippen molar-refractivity contribution in [1.82, 2.24) is 15.0 Å². The lowest BCUT2D eigenvalue weighted by Gasteiger charge is -2.26. The van der Waals surface area contributed by atoms with Gasteiger partial charge in [0.15, 0.2) is 0 Å². The monoisotopic (exact) mass is 285 g/mol. The van der Waals surface area contributed by atoms with E-state index in [4.69, 9.17) is 11.6 Å². The molecule has 1 rings (SSSR count). The van der Waals surface area contributed by atoms with Crippen LogP contribution in [0, 0.1) is 0 Å². The van der Waals surface area contributed by atoms with E-state index in [1.54, 1.807) is 0 Å². The third-order valence-electron chi connectivity index (χ3n) is 2.81. The van der Waals surface area contributed by atoms with Gasteiger partial charge in [0.2, 0.25) is 17.2 Å². The van der Waals surface area contributed by atoms with Crippen LogP contribution in [0.1, 0.15) is 47.0 Å². The average molecular weight is 286 g/mol. The zero-order chi connectivity index (χ0) is 14.3. The summed E-state index contributed by atoms with van der Waals surface area (Å²) in [7, 11) is 0. The van der Waals surface area contributed by atoms with Crippen molar-refractivity contribution in [2.45, 2.75) is 53.0 Å². The summed E-state index contributed by atoms with van der Waals surface area (Å²) in [5.41, 5.74) is 0. The lowest BCUT2D eigenvalue weighted by molar-refractivity contribution is 0.611. The molecular formula is C13H24ClN5. The van der Waals surface area contributed by atoms with Gasteiger partial charge in [0.05, 0.1) is 0 Å². The molecule has 1 heterocycles. The Kier molecular flexibility index (Phi) is 6.84. The maximum absolute atomic E-state index is 5.97. The van der Waals surface area contributed by atoms with Crippen LogP contribution in [0.15, 0.2) is 0 Å². The van der Waals surface area contributed by atoms with E-state index in [9.17, 15) is 0 Å². The summed E-state index contributed by atoms with van der Waals surface area (Å²) in [6.45, 7) is 10.2. The largest absolute Gasteiger partial charge is 0.354 e. The number of unbranched alkanes of at least 4 members (excludes halogenated alkanes) is 2. The van der Waals surface area contributed by atoms with Crippen molar-refractivity contribution >= 4 is 23.5 Å². The molecule has 0 aromatic carbocycles. The highest BCUT2D eigenvalue weighted by Crippen LogP contribution is 2.17. The standard InChI is InChI=1S/C13H24ClN5/c1-5-7-8-9-19(10(3)4)13-17-11(14)16-12(18-13)15-6-2/h10H,5-9H2,1-4H3,(H,15,16,17,18). The fourth-order valence-corrected chi connectivity index (χ4v) is 1.98. The normalized spacial score (nSPS) is 10.8. The van der Waals surface area contributed by atoms with E-state index < -0.39 is 0 Å². The predicted molar refractivity (Wildman–Crippen MR) is 81.0 cm³/mol. The molecule has 19 heavy (non-hydrogen) atoms. The highest BCUT2D eigenvalue weighted by atomic mass is 35.5. The van der Waals surface area contributed by atoms with E-state index in [2.05, 4.69) is 45.9 Å². The van der Waals surface area contributed by atoms with Crippen LogP contribution in [-0.4, -0.2) is 34.1 Å². The number of rotatable bonds is 8. The Morgan fingerprint density at radius 2 is 1.89 bits per heavy atom. The zero-order valence-electron chi connectivity index (χ0n) is 12.3. The van der Waals surface area contributed by atoms with Gasteiger partial charge in [-0.1, -0.05) is 19.8 Å². The minimum absolute atomic E-state index is 0.238. The fraction of sp³-hybridized carbons (Fsp3) is 0.769. The van der Waals surface area contributed by atoms with Gasteiger partial charge < -0.3 is 10.2 Å². The summed E-state index contributed by atoms with van der Waals surface area (Å²) >= 11 is 5.97. The summed E-state index contributed by atoms with van der Waals surface area (Å²) in [4.78, 5) is 14.9. The van der Waals surface area contributed by atoms with Crippen molar-refractivity contribution in [2.75, 3.05) is 23.3 Å². The van der Waals surface area contributed by atoms with Crippen LogP contribution in [0.5, 0.6) is 0 Å². The first kappa shape index (κ1) is 16.0. The highest BCUT2D eigenvalue weighted by molar-refractivity contribution is 6.28. The minimum atomic E-state index is 0.238. The number of hydrogen-bond donors (Lipinski definition) is 1. The molecule has 1 N–H and O–H groups in total. The highest BCUT2D eigenvalue weighted by Gasteiger charge is 2.15. The Bertz CT molecular complexity index is 383. The molecule has 0 aliphatic rings. The zero-order valence-corrected chi connectivity index (χ0v) is 13.0. The first-order chi connectivity index (χ1) is 9.08. The molecule has 6 heteroatoms. The summed E-state index contributed by atoms with van der Waals surface area (Å²) in [5, 5.41) is 3.31. The predicted octanol–water partition coefficient (Wildman–Crippen LogP) is 3.36. The third kappa shape index (κ3) is 5.19. The first-order valence-corrected chi connectivity index (χ1v) is 7.38.